The number of sulfonamides is 1. The molecule has 0 bridgehead atoms. The van der Waals surface area contributed by atoms with Crippen LogP contribution in [0.15, 0.2) is 53.4 Å². The number of carbonyl (C=O) groups is 1. The zero-order valence-corrected chi connectivity index (χ0v) is 19.5. The summed E-state index contributed by atoms with van der Waals surface area (Å²) in [4.78, 5) is 13.1. The fraction of sp³-hybridized carbons (Fsp3) is 0.458. The van der Waals surface area contributed by atoms with E-state index in [1.54, 1.807) is 12.1 Å². The molecule has 2 aromatic rings. The van der Waals surface area contributed by atoms with Crippen LogP contribution in [0.2, 0.25) is 0 Å². The zero-order chi connectivity index (χ0) is 22.6. The third kappa shape index (κ3) is 5.53. The third-order valence-electron chi connectivity index (χ3n) is 5.64. The van der Waals surface area contributed by atoms with Gasteiger partial charge in [0.05, 0.1) is 24.2 Å². The van der Waals surface area contributed by atoms with Crippen molar-refractivity contribution in [3.05, 3.63) is 65.2 Å². The quantitative estimate of drug-likeness (QED) is 0.701. The maximum atomic E-state index is 12.9. The molecule has 1 fully saturated rings. The molecule has 0 spiro atoms. The van der Waals surface area contributed by atoms with Crippen molar-refractivity contribution in [1.82, 2.24) is 9.62 Å². The number of benzene rings is 2. The maximum Gasteiger partial charge on any atom is 0.251 e. The van der Waals surface area contributed by atoms with Crippen LogP contribution >= 0.6 is 0 Å². The van der Waals surface area contributed by atoms with E-state index in [4.69, 9.17) is 4.74 Å². The number of nitrogens with one attached hydrogen (secondary N) is 1. The van der Waals surface area contributed by atoms with Crippen molar-refractivity contribution < 1.29 is 17.9 Å². The first-order valence-corrected chi connectivity index (χ1v) is 12.2. The Balaban J connectivity index is 1.74. The van der Waals surface area contributed by atoms with Crippen LogP contribution in [0.5, 0.6) is 0 Å². The number of nitrogens with zero attached hydrogens (tertiary/aromatic N) is 1. The molecule has 0 aliphatic carbocycles. The van der Waals surface area contributed by atoms with E-state index in [2.05, 4.69) is 57.3 Å². The topological polar surface area (TPSA) is 75.7 Å². The van der Waals surface area contributed by atoms with E-state index in [9.17, 15) is 13.2 Å². The molecule has 168 valence electrons. The molecule has 1 unspecified atom stereocenters. The summed E-state index contributed by atoms with van der Waals surface area (Å²) in [6.07, 6.45) is 0. The molecule has 2 aromatic carbocycles. The SMILES string of the molecule is CC(C)c1ccc(C(NC(=O)c2ccc(S(=O)(=O)N3CCOCC3)cc2)C(C)C)cc1. The summed E-state index contributed by atoms with van der Waals surface area (Å²) in [5, 5.41) is 3.10. The van der Waals surface area contributed by atoms with Crippen LogP contribution in [0.3, 0.4) is 0 Å². The average Bonchev–Trinajstić information content (AvgIpc) is 2.78. The van der Waals surface area contributed by atoms with Gasteiger partial charge in [-0.3, -0.25) is 4.79 Å². The number of amides is 1. The first-order valence-electron chi connectivity index (χ1n) is 10.8. The lowest BCUT2D eigenvalue weighted by molar-refractivity contribution is 0.0730. The monoisotopic (exact) mass is 444 g/mol. The molecule has 1 N–H and O–H groups in total. The second-order valence-electron chi connectivity index (χ2n) is 8.56. The van der Waals surface area contributed by atoms with Crippen molar-refractivity contribution in [3.8, 4) is 0 Å². The van der Waals surface area contributed by atoms with Crippen LogP contribution in [0.25, 0.3) is 0 Å². The molecule has 31 heavy (non-hydrogen) atoms. The molecule has 1 saturated heterocycles. The molecule has 0 aromatic heterocycles. The van der Waals surface area contributed by atoms with Gasteiger partial charge in [-0.05, 0) is 47.2 Å². The van der Waals surface area contributed by atoms with Crippen LogP contribution < -0.4 is 5.32 Å². The highest BCUT2D eigenvalue weighted by atomic mass is 32.2. The number of hydrogen-bond acceptors (Lipinski definition) is 4. The highest BCUT2D eigenvalue weighted by Crippen LogP contribution is 2.25. The van der Waals surface area contributed by atoms with Crippen molar-refractivity contribution in [2.75, 3.05) is 26.3 Å². The summed E-state index contributed by atoms with van der Waals surface area (Å²) in [6, 6.07) is 14.4. The number of morpholine rings is 1. The molecule has 1 heterocycles. The standard InChI is InChI=1S/C24H32N2O4S/c1-17(2)19-5-7-20(8-6-19)23(18(3)4)25-24(27)21-9-11-22(12-10-21)31(28,29)26-13-15-30-16-14-26/h5-12,17-18,23H,13-16H2,1-4H3,(H,25,27). The predicted octanol–water partition coefficient (Wildman–Crippen LogP) is 3.96. The summed E-state index contributed by atoms with van der Waals surface area (Å²) >= 11 is 0. The molecule has 0 radical (unpaired) electrons. The van der Waals surface area contributed by atoms with Gasteiger partial charge in [-0.1, -0.05) is 52.0 Å². The Bertz CT molecular complexity index is 977. The minimum absolute atomic E-state index is 0.134. The van der Waals surface area contributed by atoms with E-state index in [1.807, 2.05) is 0 Å². The lowest BCUT2D eigenvalue weighted by Crippen LogP contribution is -2.40. The van der Waals surface area contributed by atoms with Crippen molar-refractivity contribution in [1.29, 1.82) is 0 Å². The number of ether oxygens (including phenoxy) is 1. The molecule has 7 heteroatoms. The van der Waals surface area contributed by atoms with Gasteiger partial charge in [-0.2, -0.15) is 4.31 Å². The van der Waals surface area contributed by atoms with Gasteiger partial charge in [0.2, 0.25) is 10.0 Å². The summed E-state index contributed by atoms with van der Waals surface area (Å²) < 4.78 is 32.2. The zero-order valence-electron chi connectivity index (χ0n) is 18.7. The molecule has 6 nitrogen and oxygen atoms in total. The van der Waals surface area contributed by atoms with Gasteiger partial charge in [0, 0.05) is 18.7 Å². The lowest BCUT2D eigenvalue weighted by atomic mass is 9.93. The largest absolute Gasteiger partial charge is 0.379 e. The summed E-state index contributed by atoms with van der Waals surface area (Å²) in [5.41, 5.74) is 2.75. The molecule has 1 aliphatic heterocycles. The van der Waals surface area contributed by atoms with Gasteiger partial charge < -0.3 is 10.1 Å². The molecule has 1 amide bonds. The average molecular weight is 445 g/mol. The molecule has 0 saturated carbocycles. The number of rotatable bonds is 7. The van der Waals surface area contributed by atoms with Crippen molar-refractivity contribution >= 4 is 15.9 Å². The van der Waals surface area contributed by atoms with E-state index in [0.717, 1.165) is 5.56 Å². The minimum Gasteiger partial charge on any atom is -0.379 e. The van der Waals surface area contributed by atoms with Crippen molar-refractivity contribution in [2.45, 2.75) is 44.6 Å². The second-order valence-corrected chi connectivity index (χ2v) is 10.5. The summed E-state index contributed by atoms with van der Waals surface area (Å²) in [7, 11) is -3.57. The highest BCUT2D eigenvalue weighted by Gasteiger charge is 2.26. The van der Waals surface area contributed by atoms with Gasteiger partial charge in [-0.15, -0.1) is 0 Å². The Kier molecular flexibility index (Phi) is 7.51. The smallest absolute Gasteiger partial charge is 0.251 e. The van der Waals surface area contributed by atoms with Gasteiger partial charge in [0.1, 0.15) is 0 Å². The molecule has 3 rings (SSSR count). The molecule has 1 aliphatic rings. The van der Waals surface area contributed by atoms with E-state index in [-0.39, 0.29) is 22.8 Å². The second kappa shape index (κ2) is 9.94. The van der Waals surface area contributed by atoms with Gasteiger partial charge >= 0.3 is 0 Å². The Morgan fingerprint density at radius 3 is 1.97 bits per heavy atom. The third-order valence-corrected chi connectivity index (χ3v) is 7.55. The first kappa shape index (κ1) is 23.4. The van der Waals surface area contributed by atoms with Crippen LogP contribution in [0.4, 0.5) is 0 Å². The normalized spacial score (nSPS) is 16.5. The van der Waals surface area contributed by atoms with Gasteiger partial charge in [0.15, 0.2) is 0 Å². The number of hydrogen-bond donors (Lipinski definition) is 1. The maximum absolute atomic E-state index is 12.9. The van der Waals surface area contributed by atoms with E-state index < -0.39 is 10.0 Å². The minimum atomic E-state index is -3.57. The lowest BCUT2D eigenvalue weighted by Gasteiger charge is -2.26. The highest BCUT2D eigenvalue weighted by molar-refractivity contribution is 7.89. The summed E-state index contributed by atoms with van der Waals surface area (Å²) in [6.45, 7) is 9.92. The van der Waals surface area contributed by atoms with Gasteiger partial charge in [-0.25, -0.2) is 8.42 Å². The number of carbonyl (C=O) groups excluding carboxylic acids is 1. The van der Waals surface area contributed by atoms with Crippen molar-refractivity contribution in [2.24, 2.45) is 5.92 Å². The Hall–Kier alpha value is -2.22. The van der Waals surface area contributed by atoms with E-state index >= 15 is 0 Å². The van der Waals surface area contributed by atoms with Crippen LogP contribution in [0.1, 0.15) is 61.1 Å². The first-order chi connectivity index (χ1) is 14.7. The Morgan fingerprint density at radius 2 is 1.45 bits per heavy atom. The van der Waals surface area contributed by atoms with Crippen molar-refractivity contribution in [3.63, 3.8) is 0 Å². The van der Waals surface area contributed by atoms with Crippen LogP contribution in [0, 0.1) is 5.92 Å². The van der Waals surface area contributed by atoms with Gasteiger partial charge in [0.25, 0.3) is 5.91 Å². The van der Waals surface area contributed by atoms with E-state index in [0.29, 0.717) is 37.8 Å². The Labute approximate surface area is 185 Å². The predicted molar refractivity (Wildman–Crippen MR) is 122 cm³/mol. The van der Waals surface area contributed by atoms with Crippen LogP contribution in [-0.2, 0) is 14.8 Å². The fourth-order valence-electron chi connectivity index (χ4n) is 3.66. The van der Waals surface area contributed by atoms with Crippen LogP contribution in [-0.4, -0.2) is 44.9 Å². The molecular weight excluding hydrogens is 412 g/mol. The summed E-state index contributed by atoms with van der Waals surface area (Å²) in [5.74, 6) is 0.435. The fourth-order valence-corrected chi connectivity index (χ4v) is 5.07. The Morgan fingerprint density at radius 1 is 0.903 bits per heavy atom. The molecule has 1 atom stereocenters. The molecular formula is C24H32N2O4S. The van der Waals surface area contributed by atoms with E-state index in [1.165, 1.54) is 22.0 Å².